The molecule has 0 aromatic carbocycles. The highest BCUT2D eigenvalue weighted by molar-refractivity contribution is 5.20. The molecular weight excluding hydrogens is 228 g/mol. The summed E-state index contributed by atoms with van der Waals surface area (Å²) in [6, 6.07) is 0. The second-order valence-corrected chi connectivity index (χ2v) is 5.10. The number of methoxy groups -OCH3 is 1. The quantitative estimate of drug-likeness (QED) is 0.892. The Morgan fingerprint density at radius 1 is 1.39 bits per heavy atom. The summed E-state index contributed by atoms with van der Waals surface area (Å²) < 4.78 is 5.18. The monoisotopic (exact) mass is 250 g/mol. The molecule has 0 amide bonds. The van der Waals surface area contributed by atoms with Gasteiger partial charge in [-0.3, -0.25) is 4.98 Å². The summed E-state index contributed by atoms with van der Waals surface area (Å²) in [5, 5.41) is 10.5. The van der Waals surface area contributed by atoms with Gasteiger partial charge in [0.15, 0.2) is 0 Å². The molecule has 3 atom stereocenters. The Morgan fingerprint density at radius 2 is 2.17 bits per heavy atom. The van der Waals surface area contributed by atoms with Crippen LogP contribution < -0.4 is 4.74 Å². The Bertz CT molecular complexity index is 384. The van der Waals surface area contributed by atoms with E-state index < -0.39 is 6.10 Å². The first-order valence-electron chi connectivity index (χ1n) is 6.79. The summed E-state index contributed by atoms with van der Waals surface area (Å²) >= 11 is 0. The zero-order valence-electron chi connectivity index (χ0n) is 11.2. The smallest absolute Gasteiger partial charge is 0.238 e. The molecule has 4 heteroatoms. The fourth-order valence-electron chi connectivity index (χ4n) is 2.91. The number of nitrogens with zero attached hydrogens (tertiary/aromatic N) is 2. The van der Waals surface area contributed by atoms with Crippen LogP contribution in [0.1, 0.15) is 50.8 Å². The van der Waals surface area contributed by atoms with Crippen molar-refractivity contribution < 1.29 is 9.84 Å². The molecule has 100 valence electrons. The van der Waals surface area contributed by atoms with Crippen LogP contribution in [0.5, 0.6) is 5.88 Å². The van der Waals surface area contributed by atoms with Gasteiger partial charge in [-0.05, 0) is 24.7 Å². The summed E-state index contributed by atoms with van der Waals surface area (Å²) in [6.45, 7) is 2.22. The van der Waals surface area contributed by atoms with Gasteiger partial charge in [-0.2, -0.15) is 0 Å². The van der Waals surface area contributed by atoms with Crippen molar-refractivity contribution in [3.05, 3.63) is 18.1 Å². The maximum atomic E-state index is 10.5. The minimum atomic E-state index is -0.553. The summed E-state index contributed by atoms with van der Waals surface area (Å²) in [6.07, 6.45) is 8.48. The van der Waals surface area contributed by atoms with Gasteiger partial charge in [0, 0.05) is 12.4 Å². The molecule has 3 unspecified atom stereocenters. The standard InChI is InChI=1S/C14H22N2O2/c1-3-10-5-4-6-11(9-10)13(17)12-14(18-2)16-8-7-15-12/h7-8,10-11,13,17H,3-6,9H2,1-2H3. The number of hydrogen-bond donors (Lipinski definition) is 1. The molecule has 0 aliphatic heterocycles. The Labute approximate surface area is 108 Å². The predicted molar refractivity (Wildman–Crippen MR) is 69.3 cm³/mol. The average Bonchev–Trinajstić information content (AvgIpc) is 2.46. The number of hydrogen-bond acceptors (Lipinski definition) is 4. The molecule has 1 aromatic heterocycles. The third kappa shape index (κ3) is 2.80. The van der Waals surface area contributed by atoms with Gasteiger partial charge in [-0.15, -0.1) is 0 Å². The van der Waals surface area contributed by atoms with Gasteiger partial charge in [0.25, 0.3) is 0 Å². The van der Waals surface area contributed by atoms with Crippen LogP contribution >= 0.6 is 0 Å². The summed E-state index contributed by atoms with van der Waals surface area (Å²) in [7, 11) is 1.57. The van der Waals surface area contributed by atoms with Gasteiger partial charge in [-0.1, -0.05) is 26.2 Å². The lowest BCUT2D eigenvalue weighted by Crippen LogP contribution is -2.22. The van der Waals surface area contributed by atoms with Crippen molar-refractivity contribution in [1.29, 1.82) is 0 Å². The Morgan fingerprint density at radius 3 is 2.89 bits per heavy atom. The lowest BCUT2D eigenvalue weighted by molar-refractivity contribution is 0.0618. The molecule has 4 nitrogen and oxygen atoms in total. The van der Waals surface area contributed by atoms with Crippen LogP contribution in [-0.4, -0.2) is 22.2 Å². The van der Waals surface area contributed by atoms with E-state index in [0.29, 0.717) is 11.6 Å². The number of aromatic nitrogens is 2. The van der Waals surface area contributed by atoms with Crippen LogP contribution in [0.3, 0.4) is 0 Å². The van der Waals surface area contributed by atoms with Crippen LogP contribution in [0.15, 0.2) is 12.4 Å². The zero-order chi connectivity index (χ0) is 13.0. The number of aliphatic hydroxyl groups is 1. The predicted octanol–water partition coefficient (Wildman–Crippen LogP) is 2.74. The first kappa shape index (κ1) is 13.3. The molecule has 1 N–H and O–H groups in total. The molecule has 1 aromatic rings. The second-order valence-electron chi connectivity index (χ2n) is 5.10. The molecule has 18 heavy (non-hydrogen) atoms. The highest BCUT2D eigenvalue weighted by atomic mass is 16.5. The molecule has 0 saturated heterocycles. The largest absolute Gasteiger partial charge is 0.480 e. The fourth-order valence-corrected chi connectivity index (χ4v) is 2.91. The van der Waals surface area contributed by atoms with Gasteiger partial charge < -0.3 is 9.84 Å². The van der Waals surface area contributed by atoms with Gasteiger partial charge in [0.1, 0.15) is 11.8 Å². The van der Waals surface area contributed by atoms with Crippen LogP contribution in [0.25, 0.3) is 0 Å². The molecule has 1 aliphatic rings. The van der Waals surface area contributed by atoms with E-state index in [4.69, 9.17) is 4.74 Å². The van der Waals surface area contributed by atoms with E-state index in [1.54, 1.807) is 19.5 Å². The van der Waals surface area contributed by atoms with E-state index >= 15 is 0 Å². The van der Waals surface area contributed by atoms with Crippen LogP contribution in [0, 0.1) is 11.8 Å². The van der Waals surface area contributed by atoms with E-state index in [9.17, 15) is 5.11 Å². The molecule has 0 spiro atoms. The highest BCUT2D eigenvalue weighted by Crippen LogP contribution is 2.39. The lowest BCUT2D eigenvalue weighted by Gasteiger charge is -2.31. The molecule has 2 rings (SSSR count). The second kappa shape index (κ2) is 6.14. The molecule has 0 radical (unpaired) electrons. The topological polar surface area (TPSA) is 55.2 Å². The number of ether oxygens (including phenoxy) is 1. The Kier molecular flexibility index (Phi) is 4.53. The Balaban J connectivity index is 2.12. The van der Waals surface area contributed by atoms with E-state index in [1.807, 2.05) is 0 Å². The van der Waals surface area contributed by atoms with E-state index in [0.717, 1.165) is 18.8 Å². The molecular formula is C14H22N2O2. The molecule has 1 saturated carbocycles. The van der Waals surface area contributed by atoms with E-state index in [-0.39, 0.29) is 5.92 Å². The van der Waals surface area contributed by atoms with Crippen molar-refractivity contribution in [1.82, 2.24) is 9.97 Å². The van der Waals surface area contributed by atoms with Crippen molar-refractivity contribution >= 4 is 0 Å². The van der Waals surface area contributed by atoms with Crippen LogP contribution in [0.4, 0.5) is 0 Å². The fraction of sp³-hybridized carbons (Fsp3) is 0.714. The minimum absolute atomic E-state index is 0.286. The van der Waals surface area contributed by atoms with Gasteiger partial charge >= 0.3 is 0 Å². The van der Waals surface area contributed by atoms with Crippen molar-refractivity contribution in [2.75, 3.05) is 7.11 Å². The van der Waals surface area contributed by atoms with Crippen molar-refractivity contribution in [2.24, 2.45) is 11.8 Å². The van der Waals surface area contributed by atoms with E-state index in [2.05, 4.69) is 16.9 Å². The van der Waals surface area contributed by atoms with Crippen molar-refractivity contribution in [3.8, 4) is 5.88 Å². The molecule has 1 fully saturated rings. The lowest BCUT2D eigenvalue weighted by atomic mass is 9.77. The molecule has 1 aliphatic carbocycles. The normalized spacial score (nSPS) is 25.7. The van der Waals surface area contributed by atoms with Crippen LogP contribution in [0.2, 0.25) is 0 Å². The summed E-state index contributed by atoms with van der Waals surface area (Å²) in [5.41, 5.74) is 0.585. The Hall–Kier alpha value is -1.16. The zero-order valence-corrected chi connectivity index (χ0v) is 11.2. The van der Waals surface area contributed by atoms with Gasteiger partial charge in [0.05, 0.1) is 7.11 Å². The third-order valence-electron chi connectivity index (χ3n) is 4.01. The van der Waals surface area contributed by atoms with Crippen LogP contribution in [-0.2, 0) is 0 Å². The summed E-state index contributed by atoms with van der Waals surface area (Å²) in [4.78, 5) is 8.35. The van der Waals surface area contributed by atoms with E-state index in [1.165, 1.54) is 19.3 Å². The number of aliphatic hydroxyl groups excluding tert-OH is 1. The van der Waals surface area contributed by atoms with Gasteiger partial charge in [0.2, 0.25) is 5.88 Å². The first-order chi connectivity index (χ1) is 8.76. The first-order valence-corrected chi connectivity index (χ1v) is 6.79. The molecule has 1 heterocycles. The van der Waals surface area contributed by atoms with Crippen molar-refractivity contribution in [2.45, 2.75) is 45.1 Å². The maximum absolute atomic E-state index is 10.5. The maximum Gasteiger partial charge on any atom is 0.238 e. The summed E-state index contributed by atoms with van der Waals surface area (Å²) in [5.74, 6) is 1.47. The minimum Gasteiger partial charge on any atom is -0.480 e. The third-order valence-corrected chi connectivity index (χ3v) is 4.01. The highest BCUT2D eigenvalue weighted by Gasteiger charge is 2.30. The van der Waals surface area contributed by atoms with Gasteiger partial charge in [-0.25, -0.2) is 4.98 Å². The SMILES string of the molecule is CCC1CCCC(C(O)c2nccnc2OC)C1. The average molecular weight is 250 g/mol. The van der Waals surface area contributed by atoms with Crippen molar-refractivity contribution in [3.63, 3.8) is 0 Å². The molecule has 0 bridgehead atoms. The number of rotatable bonds is 4.